The first-order valence-electron chi connectivity index (χ1n) is 5.95. The molecule has 1 aliphatic heterocycles. The third-order valence-corrected chi connectivity index (χ3v) is 2.87. The van der Waals surface area contributed by atoms with Gasteiger partial charge in [-0.1, -0.05) is 18.5 Å². The van der Waals surface area contributed by atoms with Gasteiger partial charge in [-0.05, 0) is 26.7 Å². The van der Waals surface area contributed by atoms with E-state index in [0.29, 0.717) is 13.1 Å². The summed E-state index contributed by atoms with van der Waals surface area (Å²) < 4.78 is 10.0. The van der Waals surface area contributed by atoms with Crippen LogP contribution in [0, 0.1) is 11.8 Å². The molecule has 0 bridgehead atoms. The van der Waals surface area contributed by atoms with Gasteiger partial charge in [0.05, 0.1) is 5.92 Å². The number of amides is 1. The van der Waals surface area contributed by atoms with Gasteiger partial charge in [-0.2, -0.15) is 0 Å². The summed E-state index contributed by atoms with van der Waals surface area (Å²) in [6.45, 7) is 8.16. The molecule has 0 aromatic carbocycles. The number of hydrogen-bond acceptors (Lipinski definition) is 4. The van der Waals surface area contributed by atoms with Crippen LogP contribution in [0.1, 0.15) is 27.7 Å². The lowest BCUT2D eigenvalue weighted by atomic mass is 9.99. The number of esters is 1. The molecule has 0 spiro atoms. The monoisotopic (exact) mass is 277 g/mol. The van der Waals surface area contributed by atoms with E-state index in [9.17, 15) is 9.59 Å². The molecule has 5 nitrogen and oxygen atoms in total. The molecule has 0 saturated carbocycles. The van der Waals surface area contributed by atoms with Crippen LogP contribution in [0.3, 0.4) is 0 Å². The van der Waals surface area contributed by atoms with Gasteiger partial charge in [0.1, 0.15) is 5.60 Å². The number of hydrogen-bond donors (Lipinski definition) is 0. The molecule has 1 fully saturated rings. The van der Waals surface area contributed by atoms with Crippen molar-refractivity contribution in [1.29, 1.82) is 0 Å². The Hall–Kier alpha value is -0.970. The van der Waals surface area contributed by atoms with E-state index >= 15 is 0 Å². The van der Waals surface area contributed by atoms with E-state index in [1.165, 1.54) is 4.90 Å². The summed E-state index contributed by atoms with van der Waals surface area (Å²) in [5, 5.41) is 0. The topological polar surface area (TPSA) is 55.8 Å². The SMILES string of the molecule is CC1CN(C(=O)OC(C)(C)C)CC1C(=O)OCCl. The average Bonchev–Trinajstić information content (AvgIpc) is 2.58. The van der Waals surface area contributed by atoms with Crippen LogP contribution >= 0.6 is 11.6 Å². The first-order valence-corrected chi connectivity index (χ1v) is 6.48. The lowest BCUT2D eigenvalue weighted by Crippen LogP contribution is -2.36. The van der Waals surface area contributed by atoms with Gasteiger partial charge in [0.15, 0.2) is 6.07 Å². The molecule has 18 heavy (non-hydrogen) atoms. The van der Waals surface area contributed by atoms with Crippen molar-refractivity contribution in [2.75, 3.05) is 19.2 Å². The van der Waals surface area contributed by atoms with Gasteiger partial charge in [0, 0.05) is 13.1 Å². The minimum atomic E-state index is -0.533. The zero-order valence-corrected chi connectivity index (χ0v) is 12.0. The Morgan fingerprint density at radius 3 is 2.44 bits per heavy atom. The lowest BCUT2D eigenvalue weighted by Gasteiger charge is -2.24. The Bertz CT molecular complexity index is 327. The van der Waals surface area contributed by atoms with Crippen LogP contribution in [0.5, 0.6) is 0 Å². The first kappa shape index (κ1) is 15.1. The Balaban J connectivity index is 2.58. The highest BCUT2D eigenvalue weighted by atomic mass is 35.5. The Morgan fingerprint density at radius 1 is 1.33 bits per heavy atom. The van der Waals surface area contributed by atoms with Crippen molar-refractivity contribution < 1.29 is 19.1 Å². The summed E-state index contributed by atoms with van der Waals surface area (Å²) in [4.78, 5) is 25.0. The van der Waals surface area contributed by atoms with Crippen molar-refractivity contribution in [2.24, 2.45) is 11.8 Å². The van der Waals surface area contributed by atoms with Crippen molar-refractivity contribution in [1.82, 2.24) is 4.90 Å². The summed E-state index contributed by atoms with van der Waals surface area (Å²) in [5.41, 5.74) is -0.533. The molecule has 0 aromatic heterocycles. The zero-order chi connectivity index (χ0) is 13.9. The van der Waals surface area contributed by atoms with Gasteiger partial charge in [0.2, 0.25) is 0 Å². The normalized spacial score (nSPS) is 23.9. The molecule has 104 valence electrons. The molecule has 1 amide bonds. The van der Waals surface area contributed by atoms with Crippen LogP contribution in [0.25, 0.3) is 0 Å². The van der Waals surface area contributed by atoms with E-state index in [1.54, 1.807) is 0 Å². The fraction of sp³-hybridized carbons (Fsp3) is 0.833. The molecule has 6 heteroatoms. The highest BCUT2D eigenvalue weighted by Gasteiger charge is 2.39. The standard InChI is InChI=1S/C12H20ClNO4/c1-8-5-14(11(16)18-12(2,3)4)6-9(8)10(15)17-7-13/h8-9H,5-7H2,1-4H3. The number of alkyl halides is 1. The minimum absolute atomic E-state index is 0.0493. The predicted octanol–water partition coefficient (Wildman–Crippen LogP) is 2.23. The summed E-state index contributed by atoms with van der Waals surface area (Å²) >= 11 is 5.36. The Labute approximate surface area is 112 Å². The van der Waals surface area contributed by atoms with Gasteiger partial charge in [-0.15, -0.1) is 0 Å². The van der Waals surface area contributed by atoms with Crippen LogP contribution in [-0.2, 0) is 14.3 Å². The maximum atomic E-state index is 11.9. The second kappa shape index (κ2) is 5.78. The van der Waals surface area contributed by atoms with E-state index in [-0.39, 0.29) is 23.9 Å². The third kappa shape index (κ3) is 4.05. The van der Waals surface area contributed by atoms with Crippen LogP contribution < -0.4 is 0 Å². The molecular weight excluding hydrogens is 258 g/mol. The summed E-state index contributed by atoms with van der Waals surface area (Å²) in [6, 6.07) is -0.158. The van der Waals surface area contributed by atoms with Crippen LogP contribution in [0.4, 0.5) is 4.79 Å². The van der Waals surface area contributed by atoms with Crippen molar-refractivity contribution in [2.45, 2.75) is 33.3 Å². The van der Waals surface area contributed by atoms with Crippen molar-refractivity contribution in [3.8, 4) is 0 Å². The molecule has 2 atom stereocenters. The number of nitrogens with zero attached hydrogens (tertiary/aromatic N) is 1. The maximum Gasteiger partial charge on any atom is 0.410 e. The zero-order valence-electron chi connectivity index (χ0n) is 11.2. The van der Waals surface area contributed by atoms with Gasteiger partial charge in [-0.3, -0.25) is 4.79 Å². The van der Waals surface area contributed by atoms with Crippen LogP contribution in [-0.4, -0.2) is 41.7 Å². The molecular formula is C12H20ClNO4. The number of likely N-dealkylation sites (tertiary alicyclic amines) is 1. The fourth-order valence-corrected chi connectivity index (χ4v) is 2.02. The number of carbonyl (C=O) groups excluding carboxylic acids is 2. The van der Waals surface area contributed by atoms with E-state index in [0.717, 1.165) is 0 Å². The van der Waals surface area contributed by atoms with Gasteiger partial charge >= 0.3 is 12.1 Å². The third-order valence-electron chi connectivity index (χ3n) is 2.76. The van der Waals surface area contributed by atoms with Gasteiger partial charge in [-0.25, -0.2) is 4.79 Å². The van der Waals surface area contributed by atoms with E-state index in [1.807, 2.05) is 27.7 Å². The summed E-state index contributed by atoms with van der Waals surface area (Å²) in [6.07, 6.45) is -0.393. The fourth-order valence-electron chi connectivity index (χ4n) is 1.91. The molecule has 0 aromatic rings. The molecule has 1 saturated heterocycles. The lowest BCUT2D eigenvalue weighted by molar-refractivity contribution is -0.147. The first-order chi connectivity index (χ1) is 8.24. The quantitative estimate of drug-likeness (QED) is 0.574. The Kier molecular flexibility index (Phi) is 4.85. The highest BCUT2D eigenvalue weighted by molar-refractivity contribution is 6.17. The number of carbonyl (C=O) groups is 2. The molecule has 1 heterocycles. The van der Waals surface area contributed by atoms with E-state index < -0.39 is 11.7 Å². The molecule has 1 aliphatic rings. The predicted molar refractivity (Wildman–Crippen MR) is 67.3 cm³/mol. The summed E-state index contributed by atoms with van der Waals surface area (Å²) in [7, 11) is 0. The number of rotatable bonds is 2. The highest BCUT2D eigenvalue weighted by Crippen LogP contribution is 2.25. The molecule has 0 aliphatic carbocycles. The Morgan fingerprint density at radius 2 is 1.94 bits per heavy atom. The van der Waals surface area contributed by atoms with Gasteiger partial charge in [0.25, 0.3) is 0 Å². The van der Waals surface area contributed by atoms with E-state index in [4.69, 9.17) is 21.1 Å². The average molecular weight is 278 g/mol. The molecule has 2 unspecified atom stereocenters. The molecule has 0 radical (unpaired) electrons. The summed E-state index contributed by atoms with van der Waals surface area (Å²) in [5.74, 6) is -0.631. The maximum absolute atomic E-state index is 11.9. The minimum Gasteiger partial charge on any atom is -0.449 e. The smallest absolute Gasteiger partial charge is 0.410 e. The van der Waals surface area contributed by atoms with E-state index in [2.05, 4.69) is 0 Å². The van der Waals surface area contributed by atoms with Crippen molar-refractivity contribution in [3.05, 3.63) is 0 Å². The molecule has 1 rings (SSSR count). The van der Waals surface area contributed by atoms with Gasteiger partial charge < -0.3 is 14.4 Å². The molecule has 0 N–H and O–H groups in total. The second-order valence-electron chi connectivity index (χ2n) is 5.54. The largest absolute Gasteiger partial charge is 0.449 e. The van der Waals surface area contributed by atoms with Crippen molar-refractivity contribution in [3.63, 3.8) is 0 Å². The van der Waals surface area contributed by atoms with Crippen LogP contribution in [0.15, 0.2) is 0 Å². The number of halogens is 1. The van der Waals surface area contributed by atoms with Crippen LogP contribution in [0.2, 0.25) is 0 Å². The van der Waals surface area contributed by atoms with Crippen molar-refractivity contribution >= 4 is 23.7 Å². The number of ether oxygens (including phenoxy) is 2. The second-order valence-corrected chi connectivity index (χ2v) is 5.76.